The molecule has 2 fully saturated rings. The van der Waals surface area contributed by atoms with Crippen molar-refractivity contribution in [2.75, 3.05) is 47.4 Å². The first-order valence-electron chi connectivity index (χ1n) is 16.5. The molecule has 4 aliphatic rings. The molecule has 2 amide bonds. The van der Waals surface area contributed by atoms with E-state index in [0.29, 0.717) is 56.2 Å². The van der Waals surface area contributed by atoms with Gasteiger partial charge in [-0.25, -0.2) is 4.79 Å². The minimum Gasteiger partial charge on any atom is -0.504 e. The summed E-state index contributed by atoms with van der Waals surface area (Å²) in [5, 5.41) is 27.0. The molecule has 14 nitrogen and oxygen atoms in total. The maximum absolute atomic E-state index is 13.8. The molecular weight excluding hydrogens is 606 g/mol. The lowest BCUT2D eigenvalue weighted by atomic mass is 9.53. The smallest absolute Gasteiger partial charge is 0.415 e. The van der Waals surface area contributed by atoms with Gasteiger partial charge in [0, 0.05) is 43.1 Å². The van der Waals surface area contributed by atoms with Gasteiger partial charge < -0.3 is 51.6 Å². The first kappa shape index (κ1) is 34.3. The van der Waals surface area contributed by atoms with E-state index in [1.165, 1.54) is 0 Å². The quantitative estimate of drug-likeness (QED) is 0.114. The second-order valence-corrected chi connectivity index (χ2v) is 13.3. The topological polar surface area (TPSA) is 205 Å². The number of aliphatic carboxylic acids is 1. The molecule has 14 heteroatoms. The first-order valence-corrected chi connectivity index (χ1v) is 16.5. The fraction of sp³-hybridized carbons (Fsp3) is 0.636. The Labute approximate surface area is 275 Å². The minimum atomic E-state index is -0.926. The Morgan fingerprint density at radius 1 is 1.23 bits per heavy atom. The van der Waals surface area contributed by atoms with Crippen molar-refractivity contribution in [2.45, 2.75) is 74.9 Å². The largest absolute Gasteiger partial charge is 0.504 e. The summed E-state index contributed by atoms with van der Waals surface area (Å²) in [5.74, 6) is -0.449. The maximum Gasteiger partial charge on any atom is 0.415 e. The number of carbonyl (C=O) groups is 3. The average Bonchev–Trinajstić information content (AvgIpc) is 3.04. The number of nitrogens with one attached hydrogen (secondary N) is 2. The van der Waals surface area contributed by atoms with E-state index in [0.717, 1.165) is 30.5 Å². The number of methoxy groups -OCH3 is 1. The number of nitrogens with two attached hydrogens (primary N) is 2. The number of aromatic hydroxyl groups is 1. The number of nitrogens with zero attached hydrogens (tertiary/aromatic N) is 3. The molecule has 0 aromatic heterocycles. The van der Waals surface area contributed by atoms with Gasteiger partial charge in [0.25, 0.3) is 0 Å². The molecule has 47 heavy (non-hydrogen) atoms. The Morgan fingerprint density at radius 2 is 2.02 bits per heavy atom. The summed E-state index contributed by atoms with van der Waals surface area (Å²) in [7, 11) is 5.38. The fourth-order valence-corrected chi connectivity index (χ4v) is 8.28. The van der Waals surface area contributed by atoms with Gasteiger partial charge in [0.2, 0.25) is 5.91 Å². The third-order valence-corrected chi connectivity index (χ3v) is 10.8. The van der Waals surface area contributed by atoms with Gasteiger partial charge in [0.1, 0.15) is 5.76 Å². The van der Waals surface area contributed by atoms with E-state index in [2.05, 4.69) is 27.6 Å². The summed E-state index contributed by atoms with van der Waals surface area (Å²) in [6, 6.07) is 3.08. The number of ether oxygens (including phenoxy) is 2. The van der Waals surface area contributed by atoms with Crippen LogP contribution in [0.15, 0.2) is 29.0 Å². The monoisotopic (exact) mass is 655 g/mol. The molecule has 2 heterocycles. The molecule has 258 valence electrons. The third kappa shape index (κ3) is 6.98. The minimum absolute atomic E-state index is 0.00588. The van der Waals surface area contributed by atoms with E-state index >= 15 is 0 Å². The SMILES string of the molecule is CNC(CCCN=C(N)N)C(=O)NCC1CC(C(=O)O)CCN1C(=O)OC1=CCC2C3Cc4ccc(OC)c(O)c4[C@@]2(CCN3C)C1. The highest BCUT2D eigenvalue weighted by atomic mass is 16.6. The van der Waals surface area contributed by atoms with Crippen LogP contribution >= 0.6 is 0 Å². The van der Waals surface area contributed by atoms with Gasteiger partial charge in [-0.05, 0) is 89.2 Å². The number of fused-ring (bicyclic) bond motifs is 1. The number of likely N-dealkylation sites (N-methyl/N-ethyl adjacent to an activating group) is 2. The van der Waals surface area contributed by atoms with Crippen molar-refractivity contribution >= 4 is 23.9 Å². The number of likely N-dealkylation sites (tertiary alicyclic amines) is 2. The lowest BCUT2D eigenvalue weighted by Gasteiger charge is -2.57. The van der Waals surface area contributed by atoms with Gasteiger partial charge in [-0.15, -0.1) is 0 Å². The van der Waals surface area contributed by atoms with Crippen molar-refractivity contribution in [3.63, 3.8) is 0 Å². The molecule has 5 rings (SSSR count). The average molecular weight is 656 g/mol. The molecule has 0 radical (unpaired) electrons. The zero-order valence-electron chi connectivity index (χ0n) is 27.5. The summed E-state index contributed by atoms with van der Waals surface area (Å²) < 4.78 is 11.6. The van der Waals surface area contributed by atoms with Crippen LogP contribution in [0.3, 0.4) is 0 Å². The summed E-state index contributed by atoms with van der Waals surface area (Å²) in [4.78, 5) is 46.6. The van der Waals surface area contributed by atoms with Crippen LogP contribution in [0.25, 0.3) is 0 Å². The number of carboxylic acid groups (broad SMARTS) is 1. The van der Waals surface area contributed by atoms with Crippen LogP contribution in [0, 0.1) is 11.8 Å². The molecule has 2 aliphatic heterocycles. The van der Waals surface area contributed by atoms with Crippen LogP contribution in [0.1, 0.15) is 56.1 Å². The van der Waals surface area contributed by atoms with Crippen LogP contribution < -0.4 is 26.8 Å². The lowest BCUT2D eigenvalue weighted by molar-refractivity contribution is -0.143. The van der Waals surface area contributed by atoms with Crippen molar-refractivity contribution in [3.05, 3.63) is 35.1 Å². The van der Waals surface area contributed by atoms with Crippen molar-refractivity contribution < 1.29 is 34.1 Å². The van der Waals surface area contributed by atoms with E-state index in [9.17, 15) is 24.6 Å². The molecule has 0 spiro atoms. The van der Waals surface area contributed by atoms with Gasteiger partial charge in [-0.1, -0.05) is 6.07 Å². The van der Waals surface area contributed by atoms with Crippen LogP contribution in [-0.2, 0) is 26.2 Å². The van der Waals surface area contributed by atoms with Crippen molar-refractivity contribution in [3.8, 4) is 11.5 Å². The van der Waals surface area contributed by atoms with Crippen LogP contribution in [-0.4, -0.2) is 109 Å². The first-order chi connectivity index (χ1) is 22.5. The van der Waals surface area contributed by atoms with Crippen molar-refractivity contribution in [2.24, 2.45) is 28.3 Å². The molecule has 2 saturated heterocycles. The molecular formula is C33H49N7O7. The number of carbonyl (C=O) groups excluding carboxylic acids is 2. The molecule has 0 saturated carbocycles. The van der Waals surface area contributed by atoms with E-state index in [1.54, 1.807) is 19.1 Å². The predicted octanol–water partition coefficient (Wildman–Crippen LogP) is 1.25. The van der Waals surface area contributed by atoms with Crippen molar-refractivity contribution in [1.82, 2.24) is 20.4 Å². The normalized spacial score (nSPS) is 27.4. The molecule has 6 atom stereocenters. The zero-order valence-corrected chi connectivity index (χ0v) is 27.5. The van der Waals surface area contributed by atoms with Gasteiger partial charge in [0.05, 0.1) is 25.1 Å². The highest BCUT2D eigenvalue weighted by Crippen LogP contribution is 2.59. The van der Waals surface area contributed by atoms with E-state index in [1.807, 2.05) is 18.2 Å². The van der Waals surface area contributed by atoms with E-state index < -0.39 is 35.5 Å². The number of hydrogen-bond donors (Lipinski definition) is 6. The molecule has 2 bridgehead atoms. The standard InChI is InChI=1S/C33H49N7O7/c1-36-24(5-4-12-37-31(34)35)29(42)38-18-21-15-20(30(43)44)10-13-40(21)32(45)47-22-7-8-23-25-16-19-6-9-26(46-3)28(41)27(19)33(23,17-22)11-14-39(25)2/h6-7,9,20-21,23-25,36,41H,4-5,8,10-18H2,1-3H3,(H,38,42)(H,43,44)(H4,34,35,37)/t20?,21?,23?,24?,25?,33-/m0/s1. The Bertz CT molecular complexity index is 1410. The fourth-order valence-electron chi connectivity index (χ4n) is 8.28. The van der Waals surface area contributed by atoms with Crippen LogP contribution in [0.4, 0.5) is 4.79 Å². The number of piperidine rings is 2. The number of rotatable bonds is 11. The zero-order chi connectivity index (χ0) is 33.9. The van der Waals surface area contributed by atoms with Crippen LogP contribution in [0.5, 0.6) is 11.5 Å². The Kier molecular flexibility index (Phi) is 10.5. The highest BCUT2D eigenvalue weighted by molar-refractivity contribution is 5.82. The maximum atomic E-state index is 13.8. The van der Waals surface area contributed by atoms with Crippen LogP contribution in [0.2, 0.25) is 0 Å². The molecule has 8 N–H and O–H groups in total. The second kappa shape index (κ2) is 14.4. The Balaban J connectivity index is 1.30. The molecule has 2 aliphatic carbocycles. The van der Waals surface area contributed by atoms with E-state index in [-0.39, 0.29) is 43.0 Å². The number of carboxylic acids is 1. The summed E-state index contributed by atoms with van der Waals surface area (Å²) >= 11 is 0. The number of allylic oxidation sites excluding steroid dienone is 2. The molecule has 5 unspecified atom stereocenters. The van der Waals surface area contributed by atoms with Gasteiger partial charge >= 0.3 is 12.1 Å². The summed E-state index contributed by atoms with van der Waals surface area (Å²) in [6.07, 6.45) is 5.77. The number of guanidine groups is 1. The van der Waals surface area contributed by atoms with Crippen molar-refractivity contribution in [1.29, 1.82) is 0 Å². The summed E-state index contributed by atoms with van der Waals surface area (Å²) in [6.45, 7) is 1.53. The number of amides is 2. The van der Waals surface area contributed by atoms with Gasteiger partial charge in [-0.2, -0.15) is 0 Å². The Morgan fingerprint density at radius 3 is 2.72 bits per heavy atom. The highest BCUT2D eigenvalue weighted by Gasteiger charge is 2.55. The number of phenolic OH excluding ortho intramolecular Hbond substituents is 1. The number of aliphatic imine (C=N–C) groups is 1. The van der Waals surface area contributed by atoms with Gasteiger partial charge in [-0.3, -0.25) is 14.6 Å². The lowest BCUT2D eigenvalue weighted by Crippen LogP contribution is -2.60. The second-order valence-electron chi connectivity index (χ2n) is 13.3. The van der Waals surface area contributed by atoms with E-state index in [4.69, 9.17) is 20.9 Å². The number of benzene rings is 1. The van der Waals surface area contributed by atoms with Gasteiger partial charge in [0.15, 0.2) is 17.5 Å². The Hall–Kier alpha value is -4.04. The third-order valence-electron chi connectivity index (χ3n) is 10.8. The summed E-state index contributed by atoms with van der Waals surface area (Å²) in [5.41, 5.74) is 12.3. The molecule has 1 aromatic carbocycles. The number of hydrogen-bond acceptors (Lipinski definition) is 9. The molecule has 1 aromatic rings. The predicted molar refractivity (Wildman–Crippen MR) is 175 cm³/mol. The number of phenols is 1.